The van der Waals surface area contributed by atoms with Crippen LogP contribution in [0.2, 0.25) is 0 Å². The molecule has 0 aliphatic heterocycles. The SMILES string of the molecule is C/C(=C\c1cc(F)c(Oc2ccc(S(=O)(=O)NCCOCCOCCOCCOCCOCCOCCNC(=O)C(O)C(O)C(=O)NCCOCCOCCOCCOCCOCCOCCNS(=O)(=O)c3ccc(Oc4c(F)cc(/C=C(\C)C(=O)N=C(N)N)cc4F)cc3)cc2)c(F)c1)C(=O)N=C(N)N. The van der Waals surface area contributed by atoms with Gasteiger partial charge in [0.25, 0.3) is 23.6 Å². The average molecular weight is 1550 g/mol. The van der Waals surface area contributed by atoms with E-state index in [1.54, 1.807) is 0 Å². The van der Waals surface area contributed by atoms with Gasteiger partial charge in [0, 0.05) is 37.3 Å². The second kappa shape index (κ2) is 51.1. The Morgan fingerprint density at radius 3 is 0.858 bits per heavy atom. The van der Waals surface area contributed by atoms with Crippen LogP contribution in [0.5, 0.6) is 23.0 Å². The number of carbonyl (C=O) groups is 4. The zero-order valence-corrected chi connectivity index (χ0v) is 60.1. The number of hydrogen-bond acceptors (Lipinski definition) is 24. The van der Waals surface area contributed by atoms with Crippen LogP contribution in [-0.2, 0) is 96.1 Å². The van der Waals surface area contributed by atoms with Crippen LogP contribution in [0.1, 0.15) is 25.0 Å². The molecule has 4 aromatic carbocycles. The lowest BCUT2D eigenvalue weighted by Gasteiger charge is -2.17. The molecule has 0 saturated carbocycles. The molecule has 106 heavy (non-hydrogen) atoms. The van der Waals surface area contributed by atoms with Crippen molar-refractivity contribution in [2.24, 2.45) is 32.9 Å². The Labute approximate surface area is 610 Å². The normalized spacial score (nSPS) is 12.5. The number of benzene rings is 4. The van der Waals surface area contributed by atoms with Crippen LogP contribution < -0.4 is 52.5 Å². The number of sulfonamides is 2. The third-order valence-electron chi connectivity index (χ3n) is 13.4. The predicted octanol–water partition coefficient (Wildman–Crippen LogP) is 0.644. The number of guanidine groups is 2. The minimum atomic E-state index is -3.96. The summed E-state index contributed by atoms with van der Waals surface area (Å²) in [7, 11) is -7.92. The van der Waals surface area contributed by atoms with Crippen molar-refractivity contribution in [1.82, 2.24) is 20.1 Å². The number of aliphatic imine (C=N–C) groups is 2. The molecular weight excluding hydrogens is 1460 g/mol. The summed E-state index contributed by atoms with van der Waals surface area (Å²) in [5.74, 6) is -10.4. The highest BCUT2D eigenvalue weighted by atomic mass is 32.2. The fourth-order valence-electron chi connectivity index (χ4n) is 8.22. The van der Waals surface area contributed by atoms with E-state index >= 15 is 0 Å². The maximum absolute atomic E-state index is 14.8. The number of amides is 4. The van der Waals surface area contributed by atoms with E-state index in [-0.39, 0.29) is 175 Å². The molecule has 0 aliphatic rings. The summed E-state index contributed by atoms with van der Waals surface area (Å²) in [6.45, 7) is 8.06. The lowest BCUT2D eigenvalue weighted by atomic mass is 10.1. The van der Waals surface area contributed by atoms with Gasteiger partial charge in [-0.1, -0.05) is 0 Å². The Morgan fingerprint density at radius 1 is 0.396 bits per heavy atom. The molecule has 0 heterocycles. The second-order valence-corrected chi connectivity index (χ2v) is 25.3. The molecule has 2 atom stereocenters. The zero-order chi connectivity index (χ0) is 77.5. The first kappa shape index (κ1) is 90.2. The largest absolute Gasteiger partial charge is 0.451 e. The van der Waals surface area contributed by atoms with Crippen LogP contribution in [0.3, 0.4) is 0 Å². The summed E-state index contributed by atoms with van der Waals surface area (Å²) >= 11 is 0. The van der Waals surface area contributed by atoms with Crippen LogP contribution in [-0.4, -0.2) is 260 Å². The van der Waals surface area contributed by atoms with Gasteiger partial charge in [-0.2, -0.15) is 9.98 Å². The third-order valence-corrected chi connectivity index (χ3v) is 16.3. The monoisotopic (exact) mass is 1550 g/mol. The fraction of sp³-hybridized carbons (Fsp3) is 0.485. The first-order valence-corrected chi connectivity index (χ1v) is 35.8. The number of carbonyl (C=O) groups excluding carboxylic acids is 4. The van der Waals surface area contributed by atoms with E-state index in [1.165, 1.54) is 74.5 Å². The highest BCUT2D eigenvalue weighted by molar-refractivity contribution is 7.89. The number of nitrogens with two attached hydrogens (primary N) is 4. The zero-order valence-electron chi connectivity index (χ0n) is 58.4. The molecule has 0 aromatic heterocycles. The van der Waals surface area contributed by atoms with E-state index in [2.05, 4.69) is 30.1 Å². The molecule has 0 spiro atoms. The van der Waals surface area contributed by atoms with E-state index < -0.39 is 103 Å². The van der Waals surface area contributed by atoms with E-state index in [4.69, 9.17) is 89.3 Å². The smallest absolute Gasteiger partial charge is 0.275 e. The first-order chi connectivity index (χ1) is 50.8. The van der Waals surface area contributed by atoms with Gasteiger partial charge >= 0.3 is 0 Å². The molecule has 0 bridgehead atoms. The van der Waals surface area contributed by atoms with Crippen LogP contribution >= 0.6 is 0 Å². The van der Waals surface area contributed by atoms with Gasteiger partial charge in [-0.3, -0.25) is 19.2 Å². The molecule has 0 radical (unpaired) electrons. The van der Waals surface area contributed by atoms with Gasteiger partial charge in [0.15, 0.2) is 58.9 Å². The molecule has 4 amide bonds. The summed E-state index contributed by atoms with van der Waals surface area (Å²) in [5.41, 5.74) is 20.8. The molecule has 2 unspecified atom stereocenters. The van der Waals surface area contributed by atoms with Crippen LogP contribution in [0.25, 0.3) is 12.2 Å². The Balaban J connectivity index is 0.845. The fourth-order valence-corrected chi connectivity index (χ4v) is 10.2. The molecule has 590 valence electrons. The standard InChI is InChI=1S/C66H92F4N10O24S2/c1-45(61(83)79-65(71)72)39-47-41-53(67)59(54(68)42-47)103-49-3-7-51(8-4-49)105(87,88)77-13-17-93-21-25-97-29-33-101-37-35-99-31-27-95-23-19-91-15-11-75-63(85)57(81)58(82)64(86)76-12-16-92-20-24-96-28-32-100-36-38-102-34-30-98-26-22-94-18-14-78-106(89,90)52-9-5-50(6-10-52)104-60-55(69)43-48(44-56(60)70)40-46(2)62(84)80-66(73)74/h3-10,39-44,57-58,77-78,81-82H,11-38H2,1-2H3,(H,75,85)(H,76,86)(H4,71,72,79,83)(H4,73,74,80,84)/b45-39+,46-40+. The molecule has 14 N–H and O–H groups in total. The third kappa shape index (κ3) is 37.3. The Hall–Kier alpha value is -8.24. The lowest BCUT2D eigenvalue weighted by molar-refractivity contribution is -0.146. The number of aliphatic hydroxyl groups is 2. The van der Waals surface area contributed by atoms with Crippen molar-refractivity contribution < 1.29 is 130 Å². The highest BCUT2D eigenvalue weighted by Gasteiger charge is 2.30. The van der Waals surface area contributed by atoms with E-state index in [1.807, 2.05) is 0 Å². The molecule has 0 aliphatic carbocycles. The molecule has 40 heteroatoms. The number of aliphatic hydroxyl groups excluding tert-OH is 2. The van der Waals surface area contributed by atoms with Crippen molar-refractivity contribution in [3.8, 4) is 23.0 Å². The van der Waals surface area contributed by atoms with Crippen molar-refractivity contribution >= 4 is 67.7 Å². The summed E-state index contributed by atoms with van der Waals surface area (Å²) < 4.78 is 191. The molecule has 0 fully saturated rings. The van der Waals surface area contributed by atoms with Crippen molar-refractivity contribution in [3.05, 3.63) is 118 Å². The second-order valence-electron chi connectivity index (χ2n) is 21.7. The Bertz CT molecular complexity index is 3410. The minimum Gasteiger partial charge on any atom is -0.451 e. The Morgan fingerprint density at radius 2 is 0.623 bits per heavy atom. The lowest BCUT2D eigenvalue weighted by Crippen LogP contribution is -2.50. The molecule has 4 aromatic rings. The summed E-state index contributed by atoms with van der Waals surface area (Å²) in [6.07, 6.45) is -1.69. The number of rotatable bonds is 57. The molecular formula is C66H92F4N10O24S2. The van der Waals surface area contributed by atoms with E-state index in [0.29, 0.717) is 52.9 Å². The molecule has 4 rings (SSSR count). The van der Waals surface area contributed by atoms with Crippen LogP contribution in [0.15, 0.2) is 104 Å². The maximum Gasteiger partial charge on any atom is 0.275 e. The summed E-state index contributed by atoms with van der Waals surface area (Å²) in [5, 5.41) is 25.0. The van der Waals surface area contributed by atoms with E-state index in [9.17, 15) is 63.8 Å². The number of ether oxygens (including phenoxy) is 14. The van der Waals surface area contributed by atoms with Crippen molar-refractivity contribution in [2.45, 2.75) is 35.8 Å². The summed E-state index contributed by atoms with van der Waals surface area (Å²) in [4.78, 5) is 54.8. The average Bonchev–Trinajstić information content (AvgIpc) is 0.822. The first-order valence-electron chi connectivity index (χ1n) is 32.8. The van der Waals surface area contributed by atoms with Gasteiger partial charge in [-0.25, -0.2) is 43.8 Å². The van der Waals surface area contributed by atoms with Gasteiger partial charge in [0.05, 0.1) is 168 Å². The number of nitrogens with zero attached hydrogens (tertiary/aromatic N) is 2. The Kier molecular flexibility index (Phi) is 43.5. The van der Waals surface area contributed by atoms with Gasteiger partial charge in [-0.05, 0) is 110 Å². The van der Waals surface area contributed by atoms with Crippen LogP contribution in [0.4, 0.5) is 17.6 Å². The molecule has 0 saturated heterocycles. The topological polar surface area (TPSA) is 483 Å². The van der Waals surface area contributed by atoms with Gasteiger partial charge in [0.1, 0.15) is 11.5 Å². The number of nitrogens with one attached hydrogen (secondary N) is 4. The maximum atomic E-state index is 14.8. The minimum absolute atomic E-state index is 0.00606. The van der Waals surface area contributed by atoms with Gasteiger partial charge in [0.2, 0.25) is 20.0 Å². The predicted molar refractivity (Wildman–Crippen MR) is 373 cm³/mol. The highest BCUT2D eigenvalue weighted by Crippen LogP contribution is 2.32. The van der Waals surface area contributed by atoms with Gasteiger partial charge in [-0.15, -0.1) is 0 Å². The summed E-state index contributed by atoms with van der Waals surface area (Å²) in [6, 6.07) is 13.4. The number of hydrogen-bond donors (Lipinski definition) is 10. The van der Waals surface area contributed by atoms with Crippen molar-refractivity contribution in [1.29, 1.82) is 0 Å². The quantitative estimate of drug-likeness (QED) is 0.00953. The van der Waals surface area contributed by atoms with Crippen molar-refractivity contribution in [3.63, 3.8) is 0 Å². The van der Waals surface area contributed by atoms with E-state index in [0.717, 1.165) is 24.3 Å². The van der Waals surface area contributed by atoms with Crippen molar-refractivity contribution in [2.75, 3.05) is 185 Å². The molecule has 34 nitrogen and oxygen atoms in total. The van der Waals surface area contributed by atoms with Gasteiger partial charge < -0.3 is 110 Å². The number of halogens is 4. The van der Waals surface area contributed by atoms with Crippen LogP contribution in [0, 0.1) is 23.3 Å².